The summed E-state index contributed by atoms with van der Waals surface area (Å²) in [5.41, 5.74) is 1.65. The second kappa shape index (κ2) is 6.80. The molecule has 1 aliphatic carbocycles. The number of benzene rings is 1. The van der Waals surface area contributed by atoms with Gasteiger partial charge in [-0.1, -0.05) is 39.0 Å². The van der Waals surface area contributed by atoms with Crippen LogP contribution in [0.25, 0.3) is 0 Å². The Morgan fingerprint density at radius 2 is 1.85 bits per heavy atom. The number of piperidine rings is 1. The molecule has 2 bridgehead atoms. The van der Waals surface area contributed by atoms with Crippen LogP contribution in [-0.2, 0) is 11.3 Å². The number of hydrogen-bond acceptors (Lipinski definition) is 3. The first-order chi connectivity index (χ1) is 12.7. The summed E-state index contributed by atoms with van der Waals surface area (Å²) in [4.78, 5) is 17.9. The lowest BCUT2D eigenvalue weighted by molar-refractivity contribution is -0.138. The maximum Gasteiger partial charge on any atom is 0.226 e. The second-order valence-corrected chi connectivity index (χ2v) is 10.4. The van der Waals surface area contributed by atoms with Crippen molar-refractivity contribution >= 4 is 5.91 Å². The first kappa shape index (κ1) is 18.8. The first-order valence-corrected chi connectivity index (χ1v) is 10.5. The number of likely N-dealkylation sites (tertiary alicyclic amines) is 2. The van der Waals surface area contributed by atoms with Gasteiger partial charge >= 0.3 is 0 Å². The summed E-state index contributed by atoms with van der Waals surface area (Å²) in [6, 6.07) is 8.01. The minimum atomic E-state index is 0.177. The third-order valence-electron chi connectivity index (χ3n) is 7.02. The van der Waals surface area contributed by atoms with Crippen molar-refractivity contribution < 1.29 is 9.90 Å². The maximum atomic E-state index is 13.3. The zero-order chi connectivity index (χ0) is 19.2. The van der Waals surface area contributed by atoms with Crippen LogP contribution in [0.15, 0.2) is 24.3 Å². The largest absolute Gasteiger partial charge is 0.508 e. The van der Waals surface area contributed by atoms with Gasteiger partial charge in [-0.05, 0) is 62.1 Å². The van der Waals surface area contributed by atoms with Crippen molar-refractivity contribution in [2.75, 3.05) is 19.6 Å². The maximum absolute atomic E-state index is 13.3. The van der Waals surface area contributed by atoms with Crippen LogP contribution >= 0.6 is 0 Å². The number of rotatable bonds is 3. The SMILES string of the molecule is CC1(C)CC2CC(C)(CN2C(=O)C2CCN(Cc3ccccc3O)CC2)C1. The number of carbonyl (C=O) groups excluding carboxylic acids is 1. The third kappa shape index (κ3) is 3.87. The van der Waals surface area contributed by atoms with Crippen LogP contribution in [-0.4, -0.2) is 46.5 Å². The fourth-order valence-corrected chi connectivity index (χ4v) is 6.18. The molecule has 0 radical (unpaired) electrons. The number of phenols is 1. The molecule has 1 N–H and O–H groups in total. The van der Waals surface area contributed by atoms with Crippen LogP contribution in [0.3, 0.4) is 0 Å². The number of hydrogen-bond donors (Lipinski definition) is 1. The normalized spacial score (nSPS) is 31.2. The molecular weight excluding hydrogens is 336 g/mol. The van der Waals surface area contributed by atoms with Crippen molar-refractivity contribution in [3.05, 3.63) is 29.8 Å². The van der Waals surface area contributed by atoms with E-state index in [1.807, 2.05) is 18.2 Å². The highest BCUT2D eigenvalue weighted by Gasteiger charge is 2.51. The van der Waals surface area contributed by atoms with Crippen molar-refractivity contribution in [3.8, 4) is 5.75 Å². The van der Waals surface area contributed by atoms with Crippen molar-refractivity contribution in [3.63, 3.8) is 0 Å². The Labute approximate surface area is 163 Å². The summed E-state index contributed by atoms with van der Waals surface area (Å²) in [6.07, 6.45) is 5.46. The molecule has 1 aromatic carbocycles. The van der Waals surface area contributed by atoms with Gasteiger partial charge < -0.3 is 10.0 Å². The molecule has 2 saturated heterocycles. The lowest BCUT2D eigenvalue weighted by Gasteiger charge is -2.40. The average molecular weight is 371 g/mol. The number of para-hydroxylation sites is 1. The van der Waals surface area contributed by atoms with E-state index in [0.29, 0.717) is 28.5 Å². The van der Waals surface area contributed by atoms with Gasteiger partial charge in [0, 0.05) is 30.6 Å². The molecule has 1 aromatic rings. The summed E-state index contributed by atoms with van der Waals surface area (Å²) in [5.74, 6) is 0.955. The van der Waals surface area contributed by atoms with Gasteiger partial charge in [0.15, 0.2) is 0 Å². The van der Waals surface area contributed by atoms with E-state index in [-0.39, 0.29) is 5.92 Å². The Balaban J connectivity index is 1.35. The van der Waals surface area contributed by atoms with E-state index in [9.17, 15) is 9.90 Å². The Kier molecular flexibility index (Phi) is 4.74. The summed E-state index contributed by atoms with van der Waals surface area (Å²) in [5, 5.41) is 9.99. The fourth-order valence-electron chi connectivity index (χ4n) is 6.18. The fraction of sp³-hybridized carbons (Fsp3) is 0.696. The predicted molar refractivity (Wildman–Crippen MR) is 107 cm³/mol. The third-order valence-corrected chi connectivity index (χ3v) is 7.02. The molecule has 4 rings (SSSR count). The van der Waals surface area contributed by atoms with Gasteiger partial charge in [-0.3, -0.25) is 9.69 Å². The molecular formula is C23H34N2O2. The molecule has 0 spiro atoms. The topological polar surface area (TPSA) is 43.8 Å². The minimum Gasteiger partial charge on any atom is -0.508 e. The molecule has 2 atom stereocenters. The van der Waals surface area contributed by atoms with E-state index >= 15 is 0 Å². The van der Waals surface area contributed by atoms with E-state index < -0.39 is 0 Å². The number of phenolic OH excluding ortho intramolecular Hbond substituents is 1. The number of fused-ring (bicyclic) bond motifs is 2. The zero-order valence-corrected chi connectivity index (χ0v) is 17.1. The van der Waals surface area contributed by atoms with Gasteiger partial charge in [-0.25, -0.2) is 0 Å². The molecule has 3 aliphatic rings. The van der Waals surface area contributed by atoms with Crippen LogP contribution in [0.2, 0.25) is 0 Å². The monoisotopic (exact) mass is 370 g/mol. The Morgan fingerprint density at radius 3 is 2.56 bits per heavy atom. The Hall–Kier alpha value is -1.55. The van der Waals surface area contributed by atoms with Crippen LogP contribution in [0.4, 0.5) is 0 Å². The van der Waals surface area contributed by atoms with Gasteiger partial charge in [-0.2, -0.15) is 0 Å². The van der Waals surface area contributed by atoms with E-state index in [2.05, 4.69) is 30.6 Å². The summed E-state index contributed by atoms with van der Waals surface area (Å²) in [7, 11) is 0. The van der Waals surface area contributed by atoms with Gasteiger partial charge in [0.1, 0.15) is 5.75 Å². The second-order valence-electron chi connectivity index (χ2n) is 10.4. The standard InChI is InChI=1S/C23H34N2O2/c1-22(2)12-19-13-23(3,15-22)16-25(19)21(27)17-8-10-24(11-9-17)14-18-6-4-5-7-20(18)26/h4-7,17,19,26H,8-16H2,1-3H3. The molecule has 2 heterocycles. The first-order valence-electron chi connectivity index (χ1n) is 10.5. The predicted octanol–water partition coefficient (Wildman–Crippen LogP) is 4.03. The average Bonchev–Trinajstić information content (AvgIpc) is 2.86. The summed E-state index contributed by atoms with van der Waals surface area (Å²) in [6.45, 7) is 10.7. The van der Waals surface area contributed by atoms with Crippen molar-refractivity contribution in [1.82, 2.24) is 9.80 Å². The van der Waals surface area contributed by atoms with Crippen molar-refractivity contribution in [2.24, 2.45) is 16.7 Å². The zero-order valence-electron chi connectivity index (χ0n) is 17.1. The van der Waals surface area contributed by atoms with Crippen LogP contribution in [0.1, 0.15) is 58.4 Å². The molecule has 2 aliphatic heterocycles. The van der Waals surface area contributed by atoms with Crippen LogP contribution < -0.4 is 0 Å². The van der Waals surface area contributed by atoms with E-state index in [4.69, 9.17) is 0 Å². The van der Waals surface area contributed by atoms with Gasteiger partial charge in [0.25, 0.3) is 0 Å². The molecule has 148 valence electrons. The van der Waals surface area contributed by atoms with Gasteiger partial charge in [0.05, 0.1) is 0 Å². The van der Waals surface area contributed by atoms with Crippen molar-refractivity contribution in [2.45, 2.75) is 65.5 Å². The highest BCUT2D eigenvalue weighted by molar-refractivity contribution is 5.79. The highest BCUT2D eigenvalue weighted by atomic mass is 16.3. The molecule has 0 aromatic heterocycles. The van der Waals surface area contributed by atoms with Gasteiger partial charge in [0.2, 0.25) is 5.91 Å². The molecule has 3 fully saturated rings. The number of nitrogens with zero attached hydrogens (tertiary/aromatic N) is 2. The van der Waals surface area contributed by atoms with Gasteiger partial charge in [-0.15, -0.1) is 0 Å². The molecule has 4 heteroatoms. The molecule has 27 heavy (non-hydrogen) atoms. The number of aromatic hydroxyl groups is 1. The highest BCUT2D eigenvalue weighted by Crippen LogP contribution is 2.52. The summed E-state index contributed by atoms with van der Waals surface area (Å²) < 4.78 is 0. The summed E-state index contributed by atoms with van der Waals surface area (Å²) >= 11 is 0. The van der Waals surface area contributed by atoms with Crippen LogP contribution in [0.5, 0.6) is 5.75 Å². The quantitative estimate of drug-likeness (QED) is 0.873. The molecule has 4 nitrogen and oxygen atoms in total. The van der Waals surface area contributed by atoms with E-state index in [1.165, 1.54) is 12.8 Å². The number of carbonyl (C=O) groups is 1. The molecule has 2 unspecified atom stereocenters. The van der Waals surface area contributed by atoms with Crippen LogP contribution in [0, 0.1) is 16.7 Å². The smallest absolute Gasteiger partial charge is 0.226 e. The number of amides is 1. The lowest BCUT2D eigenvalue weighted by atomic mass is 9.65. The Bertz CT molecular complexity index is 708. The lowest BCUT2D eigenvalue weighted by Crippen LogP contribution is -2.44. The molecule has 1 saturated carbocycles. The molecule has 1 amide bonds. The van der Waals surface area contributed by atoms with E-state index in [1.54, 1.807) is 6.07 Å². The minimum absolute atomic E-state index is 0.177. The van der Waals surface area contributed by atoms with Crippen molar-refractivity contribution in [1.29, 1.82) is 0 Å². The van der Waals surface area contributed by atoms with E-state index in [0.717, 1.165) is 51.0 Å². The Morgan fingerprint density at radius 1 is 1.15 bits per heavy atom.